The third kappa shape index (κ3) is 4.04. The maximum Gasteiger partial charge on any atom is 0.259 e. The number of anilines is 3. The standard InChI is InChI=1S/C23H18ClN3O3/c24-16-9-6-10-17(13-16)25-21(28)14-20-22(29)26-18-11-4-5-12-19(18)27(20)23(30)15-7-2-1-3-8-15/h1-13,20H,14H2,(H,25,28)(H,26,29). The second kappa shape index (κ2) is 8.39. The number of halogens is 1. The van der Waals surface area contributed by atoms with Crippen LogP contribution in [0.3, 0.4) is 0 Å². The van der Waals surface area contributed by atoms with Gasteiger partial charge in [-0.25, -0.2) is 0 Å². The molecule has 0 fully saturated rings. The molecule has 7 heteroatoms. The van der Waals surface area contributed by atoms with E-state index in [0.29, 0.717) is 27.6 Å². The summed E-state index contributed by atoms with van der Waals surface area (Å²) in [5, 5.41) is 6.01. The van der Waals surface area contributed by atoms with Gasteiger partial charge in [-0.15, -0.1) is 0 Å². The van der Waals surface area contributed by atoms with Crippen LogP contribution in [0.5, 0.6) is 0 Å². The highest BCUT2D eigenvalue weighted by atomic mass is 35.5. The third-order valence-electron chi connectivity index (χ3n) is 4.76. The Balaban J connectivity index is 1.65. The molecule has 2 N–H and O–H groups in total. The molecule has 3 amide bonds. The van der Waals surface area contributed by atoms with Gasteiger partial charge in [0.2, 0.25) is 11.8 Å². The molecule has 0 bridgehead atoms. The molecular weight excluding hydrogens is 402 g/mol. The molecule has 0 saturated carbocycles. The summed E-state index contributed by atoms with van der Waals surface area (Å²) in [5.41, 5.74) is 2.03. The minimum absolute atomic E-state index is 0.203. The Morgan fingerprint density at radius 1 is 0.967 bits per heavy atom. The van der Waals surface area contributed by atoms with Gasteiger partial charge in [0.15, 0.2) is 0 Å². The Morgan fingerprint density at radius 3 is 2.47 bits per heavy atom. The van der Waals surface area contributed by atoms with E-state index in [1.165, 1.54) is 4.90 Å². The first kappa shape index (κ1) is 19.7. The van der Waals surface area contributed by atoms with Crippen LogP contribution in [0.1, 0.15) is 16.8 Å². The lowest BCUT2D eigenvalue weighted by atomic mass is 10.0. The van der Waals surface area contributed by atoms with Gasteiger partial charge in [-0.05, 0) is 42.5 Å². The van der Waals surface area contributed by atoms with Crippen molar-refractivity contribution in [1.29, 1.82) is 0 Å². The van der Waals surface area contributed by atoms with Crippen molar-refractivity contribution in [2.75, 3.05) is 15.5 Å². The van der Waals surface area contributed by atoms with Crippen LogP contribution < -0.4 is 15.5 Å². The normalized spacial score (nSPS) is 15.2. The number of hydrogen-bond acceptors (Lipinski definition) is 3. The zero-order valence-corrected chi connectivity index (χ0v) is 16.6. The van der Waals surface area contributed by atoms with Gasteiger partial charge < -0.3 is 10.6 Å². The molecule has 4 rings (SSSR count). The van der Waals surface area contributed by atoms with Crippen molar-refractivity contribution in [2.24, 2.45) is 0 Å². The molecule has 1 heterocycles. The zero-order valence-electron chi connectivity index (χ0n) is 15.8. The molecule has 0 saturated heterocycles. The molecule has 0 spiro atoms. The maximum atomic E-state index is 13.3. The molecule has 0 radical (unpaired) electrons. The quantitative estimate of drug-likeness (QED) is 0.660. The molecule has 1 aliphatic heterocycles. The van der Waals surface area contributed by atoms with Crippen LogP contribution in [0.4, 0.5) is 17.1 Å². The summed E-state index contributed by atoms with van der Waals surface area (Å²) in [6.45, 7) is 0. The minimum atomic E-state index is -0.994. The van der Waals surface area contributed by atoms with Crippen molar-refractivity contribution in [3.05, 3.63) is 89.4 Å². The van der Waals surface area contributed by atoms with Crippen LogP contribution in [0.2, 0.25) is 5.02 Å². The molecule has 0 aliphatic carbocycles. The summed E-state index contributed by atoms with van der Waals surface area (Å²) >= 11 is 5.96. The highest BCUT2D eigenvalue weighted by Gasteiger charge is 2.38. The lowest BCUT2D eigenvalue weighted by Crippen LogP contribution is -2.52. The number of carbonyl (C=O) groups excluding carboxylic acids is 3. The summed E-state index contributed by atoms with van der Waals surface area (Å²) in [5.74, 6) is -1.17. The summed E-state index contributed by atoms with van der Waals surface area (Å²) in [4.78, 5) is 40.2. The summed E-state index contributed by atoms with van der Waals surface area (Å²) in [6.07, 6.45) is -0.203. The molecule has 150 valence electrons. The van der Waals surface area contributed by atoms with E-state index in [1.807, 2.05) is 6.07 Å². The molecule has 1 unspecified atom stereocenters. The number of nitrogens with zero attached hydrogens (tertiary/aromatic N) is 1. The molecule has 0 aromatic heterocycles. The van der Waals surface area contributed by atoms with Crippen molar-refractivity contribution >= 4 is 46.4 Å². The van der Waals surface area contributed by atoms with Gasteiger partial charge in [-0.2, -0.15) is 0 Å². The lowest BCUT2D eigenvalue weighted by molar-refractivity contribution is -0.122. The fourth-order valence-electron chi connectivity index (χ4n) is 3.40. The topological polar surface area (TPSA) is 78.5 Å². The molecule has 1 atom stereocenters. The smallest absolute Gasteiger partial charge is 0.259 e. The van der Waals surface area contributed by atoms with Gasteiger partial charge in [0.25, 0.3) is 5.91 Å². The number of nitrogens with one attached hydrogen (secondary N) is 2. The lowest BCUT2D eigenvalue weighted by Gasteiger charge is -2.36. The summed E-state index contributed by atoms with van der Waals surface area (Å²) < 4.78 is 0. The van der Waals surface area contributed by atoms with E-state index >= 15 is 0 Å². The van der Waals surface area contributed by atoms with Crippen molar-refractivity contribution in [1.82, 2.24) is 0 Å². The Hall–Kier alpha value is -3.64. The highest BCUT2D eigenvalue weighted by molar-refractivity contribution is 6.31. The van der Waals surface area contributed by atoms with E-state index < -0.39 is 17.9 Å². The van der Waals surface area contributed by atoms with Gasteiger partial charge in [0.1, 0.15) is 6.04 Å². The predicted molar refractivity (Wildman–Crippen MR) is 117 cm³/mol. The molecule has 3 aromatic carbocycles. The number of benzene rings is 3. The Bertz CT molecular complexity index is 1120. The first-order valence-corrected chi connectivity index (χ1v) is 9.74. The van der Waals surface area contributed by atoms with Crippen LogP contribution in [0, 0.1) is 0 Å². The van der Waals surface area contributed by atoms with Gasteiger partial charge in [-0.1, -0.05) is 48.0 Å². The number of rotatable bonds is 4. The van der Waals surface area contributed by atoms with E-state index in [0.717, 1.165) is 0 Å². The van der Waals surface area contributed by atoms with E-state index in [4.69, 9.17) is 11.6 Å². The fourth-order valence-corrected chi connectivity index (χ4v) is 3.59. The average molecular weight is 420 g/mol. The minimum Gasteiger partial charge on any atom is -0.326 e. The van der Waals surface area contributed by atoms with Crippen LogP contribution in [-0.4, -0.2) is 23.8 Å². The van der Waals surface area contributed by atoms with Crippen molar-refractivity contribution in [2.45, 2.75) is 12.5 Å². The summed E-state index contributed by atoms with van der Waals surface area (Å²) in [6, 6.07) is 21.4. The van der Waals surface area contributed by atoms with E-state index in [-0.39, 0.29) is 12.3 Å². The van der Waals surface area contributed by atoms with Crippen LogP contribution >= 0.6 is 11.6 Å². The second-order valence-electron chi connectivity index (χ2n) is 6.83. The first-order chi connectivity index (χ1) is 14.5. The van der Waals surface area contributed by atoms with Gasteiger partial charge >= 0.3 is 0 Å². The molecular formula is C23H18ClN3O3. The largest absolute Gasteiger partial charge is 0.326 e. The Labute approximate surface area is 178 Å². The van der Waals surface area contributed by atoms with Crippen LogP contribution in [0.25, 0.3) is 0 Å². The number of hydrogen-bond donors (Lipinski definition) is 2. The number of carbonyl (C=O) groups is 3. The number of fused-ring (bicyclic) bond motifs is 1. The monoisotopic (exact) mass is 419 g/mol. The van der Waals surface area contributed by atoms with Crippen molar-refractivity contribution in [3.63, 3.8) is 0 Å². The predicted octanol–water partition coefficient (Wildman–Crippen LogP) is 4.34. The average Bonchev–Trinajstić information content (AvgIpc) is 2.74. The number of amides is 3. The molecule has 3 aromatic rings. The first-order valence-electron chi connectivity index (χ1n) is 9.37. The SMILES string of the molecule is O=C(CC1C(=O)Nc2ccccc2N1C(=O)c1ccccc1)Nc1cccc(Cl)c1. The second-order valence-corrected chi connectivity index (χ2v) is 7.26. The van der Waals surface area contributed by atoms with E-state index in [1.54, 1.807) is 72.8 Å². The third-order valence-corrected chi connectivity index (χ3v) is 5.00. The van der Waals surface area contributed by atoms with E-state index in [9.17, 15) is 14.4 Å². The van der Waals surface area contributed by atoms with Crippen molar-refractivity contribution in [3.8, 4) is 0 Å². The Morgan fingerprint density at radius 2 is 1.70 bits per heavy atom. The summed E-state index contributed by atoms with van der Waals surface area (Å²) in [7, 11) is 0. The fraction of sp³-hybridized carbons (Fsp3) is 0.0870. The van der Waals surface area contributed by atoms with Crippen LogP contribution in [0.15, 0.2) is 78.9 Å². The van der Waals surface area contributed by atoms with Gasteiger partial charge in [-0.3, -0.25) is 19.3 Å². The molecule has 6 nitrogen and oxygen atoms in total. The maximum absolute atomic E-state index is 13.3. The molecule has 30 heavy (non-hydrogen) atoms. The van der Waals surface area contributed by atoms with Gasteiger partial charge in [0, 0.05) is 16.3 Å². The van der Waals surface area contributed by atoms with Gasteiger partial charge in [0.05, 0.1) is 17.8 Å². The van der Waals surface area contributed by atoms with Crippen molar-refractivity contribution < 1.29 is 14.4 Å². The zero-order chi connectivity index (χ0) is 21.1. The Kier molecular flexibility index (Phi) is 5.50. The number of para-hydroxylation sites is 2. The highest BCUT2D eigenvalue weighted by Crippen LogP contribution is 2.34. The van der Waals surface area contributed by atoms with Crippen LogP contribution in [-0.2, 0) is 9.59 Å². The molecule has 1 aliphatic rings. The van der Waals surface area contributed by atoms with E-state index in [2.05, 4.69) is 10.6 Å².